The minimum Gasteiger partial charge on any atom is -0.396 e. The van der Waals surface area contributed by atoms with Crippen molar-refractivity contribution < 1.29 is 9.18 Å². The Morgan fingerprint density at radius 3 is 3.05 bits per heavy atom. The molecule has 0 saturated carbocycles. The number of thioether (sulfide) groups is 1. The first kappa shape index (κ1) is 14.2. The van der Waals surface area contributed by atoms with Crippen molar-refractivity contribution in [1.29, 1.82) is 0 Å². The summed E-state index contributed by atoms with van der Waals surface area (Å²) in [5.41, 5.74) is 5.56. The molecule has 1 amide bonds. The Bertz CT molecular complexity index is 467. The molecule has 2 rings (SSSR count). The van der Waals surface area contributed by atoms with Gasteiger partial charge < -0.3 is 10.6 Å². The first-order chi connectivity index (χ1) is 9.06. The van der Waals surface area contributed by atoms with Crippen LogP contribution in [0.4, 0.5) is 10.1 Å². The number of amides is 1. The van der Waals surface area contributed by atoms with Crippen molar-refractivity contribution in [3.63, 3.8) is 0 Å². The molecule has 1 aliphatic heterocycles. The van der Waals surface area contributed by atoms with Crippen LogP contribution in [-0.2, 0) is 4.79 Å². The van der Waals surface area contributed by atoms with Crippen LogP contribution in [-0.4, -0.2) is 29.6 Å². The Hall–Kier alpha value is -1.23. The van der Waals surface area contributed by atoms with Crippen molar-refractivity contribution in [3.8, 4) is 0 Å². The van der Waals surface area contributed by atoms with Gasteiger partial charge in [0.25, 0.3) is 0 Å². The molecular weight excluding hydrogens is 263 g/mol. The second kappa shape index (κ2) is 6.28. The van der Waals surface area contributed by atoms with Crippen molar-refractivity contribution in [3.05, 3.63) is 24.0 Å². The largest absolute Gasteiger partial charge is 0.396 e. The fourth-order valence-corrected chi connectivity index (χ4v) is 3.07. The molecule has 1 atom stereocenters. The molecule has 1 heterocycles. The van der Waals surface area contributed by atoms with E-state index in [1.807, 2.05) is 4.90 Å². The van der Waals surface area contributed by atoms with E-state index in [0.717, 1.165) is 24.4 Å². The molecule has 3 nitrogen and oxygen atoms in total. The SMILES string of the molecule is CC1CCCN(C(=O)CSc2ccc(N)c(F)c2)C1. The van der Waals surface area contributed by atoms with Gasteiger partial charge in [0.15, 0.2) is 0 Å². The monoisotopic (exact) mass is 282 g/mol. The number of likely N-dealkylation sites (tertiary alicyclic amines) is 1. The predicted molar refractivity (Wildman–Crippen MR) is 76.5 cm³/mol. The van der Waals surface area contributed by atoms with Crippen LogP contribution in [0.2, 0.25) is 0 Å². The summed E-state index contributed by atoms with van der Waals surface area (Å²) >= 11 is 1.36. The minimum absolute atomic E-state index is 0.133. The number of nitrogens with zero attached hydrogens (tertiary/aromatic N) is 1. The molecule has 104 valence electrons. The molecule has 1 aromatic rings. The molecule has 0 radical (unpaired) electrons. The third-order valence-electron chi connectivity index (χ3n) is 3.34. The van der Waals surface area contributed by atoms with Crippen LogP contribution >= 0.6 is 11.8 Å². The van der Waals surface area contributed by atoms with Gasteiger partial charge in [-0.1, -0.05) is 6.92 Å². The van der Waals surface area contributed by atoms with Gasteiger partial charge >= 0.3 is 0 Å². The molecule has 0 bridgehead atoms. The molecule has 2 N–H and O–H groups in total. The highest BCUT2D eigenvalue weighted by Crippen LogP contribution is 2.23. The van der Waals surface area contributed by atoms with E-state index in [9.17, 15) is 9.18 Å². The highest BCUT2D eigenvalue weighted by atomic mass is 32.2. The van der Waals surface area contributed by atoms with Crippen LogP contribution in [0.5, 0.6) is 0 Å². The topological polar surface area (TPSA) is 46.3 Å². The average molecular weight is 282 g/mol. The molecule has 1 fully saturated rings. The van der Waals surface area contributed by atoms with E-state index in [1.54, 1.807) is 6.07 Å². The average Bonchev–Trinajstić information content (AvgIpc) is 2.40. The summed E-state index contributed by atoms with van der Waals surface area (Å²) in [4.78, 5) is 14.7. The summed E-state index contributed by atoms with van der Waals surface area (Å²) in [7, 11) is 0. The number of carbonyl (C=O) groups excluding carboxylic acids is 1. The number of nitrogens with two attached hydrogens (primary N) is 1. The Labute approximate surface area is 117 Å². The number of benzene rings is 1. The van der Waals surface area contributed by atoms with Crippen molar-refractivity contribution in [2.75, 3.05) is 24.6 Å². The summed E-state index contributed by atoms with van der Waals surface area (Å²) in [5.74, 6) is 0.644. The quantitative estimate of drug-likeness (QED) is 0.685. The smallest absolute Gasteiger partial charge is 0.232 e. The lowest BCUT2D eigenvalue weighted by atomic mass is 10.0. The molecule has 1 aromatic carbocycles. The van der Waals surface area contributed by atoms with Gasteiger partial charge in [0, 0.05) is 18.0 Å². The Balaban J connectivity index is 1.87. The summed E-state index contributed by atoms with van der Waals surface area (Å²) in [6, 6.07) is 4.66. The van der Waals surface area contributed by atoms with E-state index < -0.39 is 5.82 Å². The van der Waals surface area contributed by atoms with Crippen molar-refractivity contribution in [2.24, 2.45) is 5.92 Å². The zero-order valence-corrected chi connectivity index (χ0v) is 11.9. The van der Waals surface area contributed by atoms with Crippen LogP contribution < -0.4 is 5.73 Å². The van der Waals surface area contributed by atoms with Gasteiger partial charge in [0.2, 0.25) is 5.91 Å². The second-order valence-corrected chi connectivity index (χ2v) is 6.11. The standard InChI is InChI=1S/C14H19FN2OS/c1-10-3-2-6-17(8-10)14(18)9-19-11-4-5-13(16)12(15)7-11/h4-5,7,10H,2-3,6,8-9,16H2,1H3. The molecule has 0 aliphatic carbocycles. The number of carbonyl (C=O) groups is 1. The molecule has 1 saturated heterocycles. The first-order valence-electron chi connectivity index (χ1n) is 6.52. The van der Waals surface area contributed by atoms with Crippen molar-refractivity contribution in [1.82, 2.24) is 4.90 Å². The Morgan fingerprint density at radius 1 is 1.58 bits per heavy atom. The number of rotatable bonds is 3. The van der Waals surface area contributed by atoms with Gasteiger partial charge in [-0.05, 0) is 37.0 Å². The van der Waals surface area contributed by atoms with Crippen molar-refractivity contribution in [2.45, 2.75) is 24.7 Å². The third kappa shape index (κ3) is 3.86. The predicted octanol–water partition coefficient (Wildman–Crippen LogP) is 2.76. The first-order valence-corrected chi connectivity index (χ1v) is 7.50. The van der Waals surface area contributed by atoms with E-state index in [-0.39, 0.29) is 11.6 Å². The lowest BCUT2D eigenvalue weighted by Crippen LogP contribution is -2.40. The van der Waals surface area contributed by atoms with Crippen molar-refractivity contribution >= 4 is 23.4 Å². The second-order valence-electron chi connectivity index (χ2n) is 5.06. The van der Waals surface area contributed by atoms with Gasteiger partial charge in [0.05, 0.1) is 11.4 Å². The van der Waals surface area contributed by atoms with Crippen LogP contribution in [0.3, 0.4) is 0 Å². The maximum Gasteiger partial charge on any atom is 0.232 e. The summed E-state index contributed by atoms with van der Waals surface area (Å²) in [6.45, 7) is 3.86. The van der Waals surface area contributed by atoms with E-state index >= 15 is 0 Å². The van der Waals surface area contributed by atoms with E-state index in [0.29, 0.717) is 11.7 Å². The maximum atomic E-state index is 13.3. The molecule has 1 aliphatic rings. The van der Waals surface area contributed by atoms with Crippen LogP contribution in [0, 0.1) is 11.7 Å². The van der Waals surface area contributed by atoms with Gasteiger partial charge in [-0.25, -0.2) is 4.39 Å². The summed E-state index contributed by atoms with van der Waals surface area (Å²) < 4.78 is 13.3. The number of hydrogen-bond donors (Lipinski definition) is 1. The molecule has 1 unspecified atom stereocenters. The highest BCUT2D eigenvalue weighted by molar-refractivity contribution is 8.00. The summed E-state index contributed by atoms with van der Waals surface area (Å²) in [6.07, 6.45) is 2.27. The highest BCUT2D eigenvalue weighted by Gasteiger charge is 2.20. The van der Waals surface area contributed by atoms with E-state index in [2.05, 4.69) is 6.92 Å². The van der Waals surface area contributed by atoms with Gasteiger partial charge in [-0.3, -0.25) is 4.79 Å². The van der Waals surface area contributed by atoms with Crippen LogP contribution in [0.15, 0.2) is 23.1 Å². The normalized spacial score (nSPS) is 19.5. The van der Waals surface area contributed by atoms with Gasteiger partial charge in [-0.2, -0.15) is 0 Å². The molecule has 0 spiro atoms. The molecule has 5 heteroatoms. The van der Waals surface area contributed by atoms with Crippen LogP contribution in [0.1, 0.15) is 19.8 Å². The minimum atomic E-state index is -0.427. The zero-order chi connectivity index (χ0) is 13.8. The van der Waals surface area contributed by atoms with Gasteiger partial charge in [-0.15, -0.1) is 11.8 Å². The number of piperidine rings is 1. The fraction of sp³-hybridized carbons (Fsp3) is 0.500. The molecule has 19 heavy (non-hydrogen) atoms. The maximum absolute atomic E-state index is 13.3. The number of nitrogen functional groups attached to an aromatic ring is 1. The zero-order valence-electron chi connectivity index (χ0n) is 11.1. The Morgan fingerprint density at radius 2 is 2.37 bits per heavy atom. The third-order valence-corrected chi connectivity index (χ3v) is 4.32. The van der Waals surface area contributed by atoms with Gasteiger partial charge in [0.1, 0.15) is 5.82 Å². The number of hydrogen-bond acceptors (Lipinski definition) is 3. The number of anilines is 1. The Kier molecular flexibility index (Phi) is 4.69. The lowest BCUT2D eigenvalue weighted by molar-refractivity contribution is -0.130. The lowest BCUT2D eigenvalue weighted by Gasteiger charge is -2.30. The molecule has 0 aromatic heterocycles. The van der Waals surface area contributed by atoms with Crippen LogP contribution in [0.25, 0.3) is 0 Å². The van der Waals surface area contributed by atoms with E-state index in [4.69, 9.17) is 5.73 Å². The molecular formula is C14H19FN2OS. The summed E-state index contributed by atoms with van der Waals surface area (Å²) in [5, 5.41) is 0. The van der Waals surface area contributed by atoms with E-state index in [1.165, 1.54) is 30.3 Å². The fourth-order valence-electron chi connectivity index (χ4n) is 2.25. The number of halogens is 1.